The second-order valence-corrected chi connectivity index (χ2v) is 11.7. The van der Waals surface area contributed by atoms with Crippen molar-refractivity contribution in [2.24, 2.45) is 0 Å². The summed E-state index contributed by atoms with van der Waals surface area (Å²) < 4.78 is 27.3. The van der Waals surface area contributed by atoms with Gasteiger partial charge in [0.1, 0.15) is 5.69 Å². The molecule has 11 nitrogen and oxygen atoms in total. The Labute approximate surface area is 246 Å². The lowest BCUT2D eigenvalue weighted by Crippen LogP contribution is -2.33. The van der Waals surface area contributed by atoms with Gasteiger partial charge in [0.15, 0.2) is 17.3 Å². The standard InChI is InChI=1S/C29H26ClN7O4S/c1-16(22-15-17-8-7-13-21(30)23(17)29(39)37(22)20-11-4-3-5-12-20)33-28(38)25-27(32)35-26(31)24(34-25)18-9-6-10-19(14-18)36-42(2,40)41/h3-16,36H,1-2H3,(H,33,38)(H4,31,32,35). The molecule has 1 amide bonds. The molecule has 0 radical (unpaired) electrons. The number of amides is 1. The Bertz CT molecular complexity index is 2020. The molecule has 214 valence electrons. The second-order valence-electron chi connectivity index (χ2n) is 9.59. The number of nitrogen functional groups attached to an aromatic ring is 2. The van der Waals surface area contributed by atoms with E-state index in [2.05, 4.69) is 20.0 Å². The maximum Gasteiger partial charge on any atom is 0.274 e. The van der Waals surface area contributed by atoms with E-state index in [1.165, 1.54) is 10.6 Å². The van der Waals surface area contributed by atoms with Crippen molar-refractivity contribution in [2.45, 2.75) is 13.0 Å². The van der Waals surface area contributed by atoms with Crippen LogP contribution in [0.1, 0.15) is 29.1 Å². The third-order valence-electron chi connectivity index (χ3n) is 6.43. The minimum absolute atomic E-state index is 0.0436. The molecule has 6 N–H and O–H groups in total. The molecule has 1 unspecified atom stereocenters. The van der Waals surface area contributed by atoms with E-state index in [-0.39, 0.29) is 34.3 Å². The van der Waals surface area contributed by atoms with Gasteiger partial charge in [-0.2, -0.15) is 0 Å². The van der Waals surface area contributed by atoms with Crippen LogP contribution in [0.15, 0.2) is 83.7 Å². The molecule has 3 aromatic carbocycles. The van der Waals surface area contributed by atoms with E-state index < -0.39 is 22.0 Å². The van der Waals surface area contributed by atoms with Crippen LogP contribution in [0.4, 0.5) is 17.3 Å². The molecule has 0 aliphatic heterocycles. The average molecular weight is 604 g/mol. The summed E-state index contributed by atoms with van der Waals surface area (Å²) in [5.41, 5.74) is 13.5. The van der Waals surface area contributed by atoms with Crippen LogP contribution in [-0.2, 0) is 10.0 Å². The topological polar surface area (TPSA) is 175 Å². The van der Waals surface area contributed by atoms with E-state index in [1.807, 2.05) is 6.07 Å². The molecule has 0 saturated carbocycles. The minimum atomic E-state index is -3.53. The van der Waals surface area contributed by atoms with Gasteiger partial charge in [0.25, 0.3) is 11.5 Å². The van der Waals surface area contributed by atoms with Crippen molar-refractivity contribution < 1.29 is 13.2 Å². The van der Waals surface area contributed by atoms with Gasteiger partial charge in [-0.3, -0.25) is 18.9 Å². The molecule has 5 aromatic rings. The summed E-state index contributed by atoms with van der Waals surface area (Å²) in [5.74, 6) is -0.896. The summed E-state index contributed by atoms with van der Waals surface area (Å²) in [6, 6.07) is 21.6. The number of rotatable bonds is 7. The lowest BCUT2D eigenvalue weighted by Gasteiger charge is -2.21. The van der Waals surface area contributed by atoms with Crippen molar-refractivity contribution in [1.82, 2.24) is 19.9 Å². The van der Waals surface area contributed by atoms with Gasteiger partial charge in [0.05, 0.1) is 22.7 Å². The Morgan fingerprint density at radius 3 is 2.38 bits per heavy atom. The number of carbonyl (C=O) groups excluding carboxylic acids is 1. The Balaban J connectivity index is 1.55. The smallest absolute Gasteiger partial charge is 0.274 e. The third-order valence-corrected chi connectivity index (χ3v) is 7.36. The van der Waals surface area contributed by atoms with Gasteiger partial charge in [-0.05, 0) is 48.7 Å². The highest BCUT2D eigenvalue weighted by Gasteiger charge is 2.23. The number of hydrogen-bond acceptors (Lipinski definition) is 8. The number of carbonyl (C=O) groups is 1. The zero-order valence-corrected chi connectivity index (χ0v) is 24.1. The highest BCUT2D eigenvalue weighted by Crippen LogP contribution is 2.29. The van der Waals surface area contributed by atoms with E-state index in [0.717, 1.165) is 6.26 Å². The Morgan fingerprint density at radius 2 is 1.67 bits per heavy atom. The van der Waals surface area contributed by atoms with E-state index in [1.54, 1.807) is 73.7 Å². The molecule has 0 saturated heterocycles. The zero-order chi connectivity index (χ0) is 30.2. The van der Waals surface area contributed by atoms with Gasteiger partial charge in [0, 0.05) is 22.6 Å². The average Bonchev–Trinajstić information content (AvgIpc) is 2.92. The quantitative estimate of drug-likeness (QED) is 0.215. The van der Waals surface area contributed by atoms with Gasteiger partial charge >= 0.3 is 0 Å². The van der Waals surface area contributed by atoms with Gasteiger partial charge in [-0.25, -0.2) is 18.4 Å². The van der Waals surface area contributed by atoms with E-state index in [9.17, 15) is 18.0 Å². The van der Waals surface area contributed by atoms with Crippen LogP contribution >= 0.6 is 11.6 Å². The van der Waals surface area contributed by atoms with Crippen LogP contribution in [0.3, 0.4) is 0 Å². The van der Waals surface area contributed by atoms with E-state index >= 15 is 0 Å². The fraction of sp³-hybridized carbons (Fsp3) is 0.103. The lowest BCUT2D eigenvalue weighted by atomic mass is 10.1. The van der Waals surface area contributed by atoms with Crippen molar-refractivity contribution in [3.05, 3.63) is 106 Å². The molecule has 42 heavy (non-hydrogen) atoms. The third kappa shape index (κ3) is 5.76. The van der Waals surface area contributed by atoms with Gasteiger partial charge in [-0.1, -0.05) is 54.1 Å². The predicted molar refractivity (Wildman–Crippen MR) is 165 cm³/mol. The SMILES string of the molecule is CC(NC(=O)c1nc(-c2cccc(NS(C)(=O)=O)c2)c(N)nc1N)c1cc2cccc(Cl)c2c(=O)n1-c1ccccc1. The van der Waals surface area contributed by atoms with Gasteiger partial charge in [-0.15, -0.1) is 0 Å². The summed E-state index contributed by atoms with van der Waals surface area (Å²) in [6.45, 7) is 1.73. The normalized spacial score (nSPS) is 12.2. The van der Waals surface area contributed by atoms with Crippen LogP contribution < -0.4 is 27.1 Å². The second kappa shape index (κ2) is 11.1. The first kappa shape index (κ1) is 28.6. The monoisotopic (exact) mass is 603 g/mol. The summed E-state index contributed by atoms with van der Waals surface area (Å²) >= 11 is 6.40. The maximum absolute atomic E-state index is 13.7. The largest absolute Gasteiger partial charge is 0.382 e. The molecular weight excluding hydrogens is 578 g/mol. The lowest BCUT2D eigenvalue weighted by molar-refractivity contribution is 0.0934. The van der Waals surface area contributed by atoms with Crippen molar-refractivity contribution in [1.29, 1.82) is 0 Å². The number of aromatic nitrogens is 3. The van der Waals surface area contributed by atoms with Crippen LogP contribution in [0.2, 0.25) is 5.02 Å². The highest BCUT2D eigenvalue weighted by molar-refractivity contribution is 7.92. The fourth-order valence-electron chi connectivity index (χ4n) is 4.63. The molecule has 13 heteroatoms. The van der Waals surface area contributed by atoms with Crippen molar-refractivity contribution in [3.63, 3.8) is 0 Å². The number of nitrogens with one attached hydrogen (secondary N) is 2. The summed E-state index contributed by atoms with van der Waals surface area (Å²) in [5, 5.41) is 4.16. The van der Waals surface area contributed by atoms with Crippen LogP contribution in [0.25, 0.3) is 27.7 Å². The first-order valence-electron chi connectivity index (χ1n) is 12.6. The van der Waals surface area contributed by atoms with Crippen LogP contribution in [-0.4, -0.2) is 35.1 Å². The van der Waals surface area contributed by atoms with Gasteiger partial charge in [0.2, 0.25) is 10.0 Å². The Morgan fingerprint density at radius 1 is 0.952 bits per heavy atom. The number of pyridine rings is 1. The highest BCUT2D eigenvalue weighted by atomic mass is 35.5. The molecule has 2 heterocycles. The maximum atomic E-state index is 13.7. The summed E-state index contributed by atoms with van der Waals surface area (Å²) in [7, 11) is -3.53. The van der Waals surface area contributed by atoms with Crippen molar-refractivity contribution in [2.75, 3.05) is 22.4 Å². The molecule has 5 rings (SSSR count). The van der Waals surface area contributed by atoms with Crippen LogP contribution in [0, 0.1) is 0 Å². The molecule has 0 aliphatic carbocycles. The Hall–Kier alpha value is -4.94. The number of benzene rings is 3. The van der Waals surface area contributed by atoms with E-state index in [0.29, 0.717) is 32.7 Å². The number of fused-ring (bicyclic) bond motifs is 1. The fourth-order valence-corrected chi connectivity index (χ4v) is 5.44. The van der Waals surface area contributed by atoms with Gasteiger partial charge < -0.3 is 16.8 Å². The number of anilines is 3. The molecule has 2 aromatic heterocycles. The molecule has 1 atom stereocenters. The first-order chi connectivity index (χ1) is 19.9. The van der Waals surface area contributed by atoms with Crippen LogP contribution in [0.5, 0.6) is 0 Å². The van der Waals surface area contributed by atoms with Crippen molar-refractivity contribution in [3.8, 4) is 16.9 Å². The number of para-hydroxylation sites is 1. The van der Waals surface area contributed by atoms with E-state index in [4.69, 9.17) is 23.1 Å². The minimum Gasteiger partial charge on any atom is -0.382 e. The zero-order valence-electron chi connectivity index (χ0n) is 22.5. The molecule has 0 bridgehead atoms. The van der Waals surface area contributed by atoms with Crippen molar-refractivity contribution >= 4 is 55.6 Å². The number of halogens is 1. The number of nitrogens with two attached hydrogens (primary N) is 2. The molecule has 0 aliphatic rings. The predicted octanol–water partition coefficient (Wildman–Crippen LogP) is 4.13. The molecular formula is C29H26ClN7O4S. The number of hydrogen-bond donors (Lipinski definition) is 4. The number of nitrogens with zero attached hydrogens (tertiary/aromatic N) is 3. The summed E-state index contributed by atoms with van der Waals surface area (Å²) in [6.07, 6.45) is 1.03. The molecule has 0 fully saturated rings. The Kier molecular flexibility index (Phi) is 7.59. The molecule has 0 spiro atoms. The summed E-state index contributed by atoms with van der Waals surface area (Å²) in [4.78, 5) is 35.7. The number of sulfonamides is 1. The first-order valence-corrected chi connectivity index (χ1v) is 14.9.